The van der Waals surface area contributed by atoms with Crippen molar-refractivity contribution in [1.82, 2.24) is 4.98 Å². The van der Waals surface area contributed by atoms with Crippen molar-refractivity contribution >= 4 is 5.82 Å². The largest absolute Gasteiger partial charge is 0.504 e. The molecule has 1 aliphatic carbocycles. The minimum absolute atomic E-state index is 0.140. The van der Waals surface area contributed by atoms with Crippen molar-refractivity contribution in [2.45, 2.75) is 25.4 Å². The van der Waals surface area contributed by atoms with Crippen LogP contribution in [0.1, 0.15) is 24.0 Å². The van der Waals surface area contributed by atoms with Gasteiger partial charge in [0, 0.05) is 18.8 Å². The number of anilines is 1. The summed E-state index contributed by atoms with van der Waals surface area (Å²) in [5.41, 5.74) is 1.61. The molecule has 3 rings (SSSR count). The minimum Gasteiger partial charge on any atom is -0.504 e. The highest BCUT2D eigenvalue weighted by Gasteiger charge is 2.30. The number of methoxy groups -OCH3 is 1. The second-order valence-electron chi connectivity index (χ2n) is 5.38. The minimum atomic E-state index is 0.140. The van der Waals surface area contributed by atoms with Crippen LogP contribution in [0.4, 0.5) is 5.82 Å². The highest BCUT2D eigenvalue weighted by Crippen LogP contribution is 2.33. The van der Waals surface area contributed by atoms with E-state index in [-0.39, 0.29) is 5.75 Å². The molecular formula is C17H17N3O2. The maximum atomic E-state index is 9.68. The van der Waals surface area contributed by atoms with Crippen LogP contribution in [0, 0.1) is 11.3 Å². The lowest BCUT2D eigenvalue weighted by atomic mass is 10.2. The number of phenolic OH excluding ortho intramolecular Hbond substituents is 1. The van der Waals surface area contributed by atoms with E-state index in [1.165, 1.54) is 0 Å². The number of nitriles is 1. The number of aromatic hydroxyl groups is 1. The summed E-state index contributed by atoms with van der Waals surface area (Å²) in [5.74, 6) is 1.48. The Labute approximate surface area is 129 Å². The quantitative estimate of drug-likeness (QED) is 0.918. The zero-order chi connectivity index (χ0) is 15.5. The van der Waals surface area contributed by atoms with E-state index in [0.29, 0.717) is 23.9 Å². The van der Waals surface area contributed by atoms with Crippen molar-refractivity contribution in [3.8, 4) is 17.6 Å². The van der Waals surface area contributed by atoms with Crippen molar-refractivity contribution in [1.29, 1.82) is 5.26 Å². The molecule has 0 saturated heterocycles. The predicted molar refractivity (Wildman–Crippen MR) is 82.8 cm³/mol. The molecule has 5 heteroatoms. The summed E-state index contributed by atoms with van der Waals surface area (Å²) in [6.45, 7) is 0.695. The van der Waals surface area contributed by atoms with Gasteiger partial charge in [-0.25, -0.2) is 4.98 Å². The Kier molecular flexibility index (Phi) is 3.84. The van der Waals surface area contributed by atoms with Crippen LogP contribution in [-0.2, 0) is 6.54 Å². The van der Waals surface area contributed by atoms with E-state index in [9.17, 15) is 5.11 Å². The molecule has 22 heavy (non-hydrogen) atoms. The predicted octanol–water partition coefficient (Wildman–Crippen LogP) is 2.84. The Balaban J connectivity index is 1.84. The molecular weight excluding hydrogens is 278 g/mol. The fourth-order valence-corrected chi connectivity index (χ4v) is 2.42. The normalized spacial score (nSPS) is 13.5. The van der Waals surface area contributed by atoms with Gasteiger partial charge in [0.1, 0.15) is 11.9 Å². The first kappa shape index (κ1) is 14.2. The number of aromatic nitrogens is 1. The lowest BCUT2D eigenvalue weighted by Crippen LogP contribution is -2.25. The van der Waals surface area contributed by atoms with E-state index in [1.54, 1.807) is 25.4 Å². The van der Waals surface area contributed by atoms with Crippen molar-refractivity contribution in [3.05, 3.63) is 47.7 Å². The summed E-state index contributed by atoms with van der Waals surface area (Å²) in [5, 5.41) is 18.6. The van der Waals surface area contributed by atoms with Crippen molar-refractivity contribution in [3.63, 3.8) is 0 Å². The van der Waals surface area contributed by atoms with Crippen LogP contribution in [0.3, 0.4) is 0 Å². The van der Waals surface area contributed by atoms with E-state index in [1.807, 2.05) is 18.2 Å². The zero-order valence-corrected chi connectivity index (χ0v) is 12.4. The number of rotatable bonds is 5. The number of hydrogen-bond donors (Lipinski definition) is 1. The molecule has 0 aliphatic heterocycles. The molecule has 0 bridgehead atoms. The molecule has 1 fully saturated rings. The summed E-state index contributed by atoms with van der Waals surface area (Å²) >= 11 is 0. The van der Waals surface area contributed by atoms with Crippen LogP contribution in [-0.4, -0.2) is 23.2 Å². The molecule has 1 aliphatic rings. The van der Waals surface area contributed by atoms with Gasteiger partial charge < -0.3 is 14.7 Å². The standard InChI is InChI=1S/C17H17N3O2/c1-22-16-8-12(2-6-15(16)21)11-20(14-4-5-14)17-7-3-13(9-18)10-19-17/h2-3,6-8,10,14,21H,4-5,11H2,1H3. The molecule has 0 radical (unpaired) electrons. The Hall–Kier alpha value is -2.74. The first-order chi connectivity index (χ1) is 10.7. The summed E-state index contributed by atoms with van der Waals surface area (Å²) in [6, 6.07) is 11.6. The maximum Gasteiger partial charge on any atom is 0.160 e. The van der Waals surface area contributed by atoms with Crippen molar-refractivity contribution in [2.24, 2.45) is 0 Å². The van der Waals surface area contributed by atoms with Crippen LogP contribution in [0.5, 0.6) is 11.5 Å². The lowest BCUT2D eigenvalue weighted by Gasteiger charge is -2.24. The Bertz CT molecular complexity index is 703. The van der Waals surface area contributed by atoms with Crippen molar-refractivity contribution < 1.29 is 9.84 Å². The van der Waals surface area contributed by atoms with E-state index in [4.69, 9.17) is 10.00 Å². The third-order valence-corrected chi connectivity index (χ3v) is 3.76. The molecule has 1 N–H and O–H groups in total. The van der Waals surface area contributed by atoms with Gasteiger partial charge in [-0.2, -0.15) is 5.26 Å². The van der Waals surface area contributed by atoms with Crippen molar-refractivity contribution in [2.75, 3.05) is 12.0 Å². The highest BCUT2D eigenvalue weighted by molar-refractivity contribution is 5.47. The van der Waals surface area contributed by atoms with Crippen LogP contribution in [0.25, 0.3) is 0 Å². The monoisotopic (exact) mass is 295 g/mol. The SMILES string of the molecule is COc1cc(CN(c2ccc(C#N)cn2)C2CC2)ccc1O. The van der Waals surface area contributed by atoms with Gasteiger partial charge in [0.25, 0.3) is 0 Å². The topological polar surface area (TPSA) is 69.4 Å². The molecule has 1 saturated carbocycles. The Morgan fingerprint density at radius 2 is 2.18 bits per heavy atom. The fourth-order valence-electron chi connectivity index (χ4n) is 2.42. The van der Waals surface area contributed by atoms with Crippen LogP contribution in [0.15, 0.2) is 36.5 Å². The molecule has 1 aromatic carbocycles. The van der Waals surface area contributed by atoms with E-state index < -0.39 is 0 Å². The molecule has 0 spiro atoms. The average molecular weight is 295 g/mol. The summed E-state index contributed by atoms with van der Waals surface area (Å²) < 4.78 is 5.16. The third-order valence-electron chi connectivity index (χ3n) is 3.76. The van der Waals surface area contributed by atoms with Crippen LogP contribution < -0.4 is 9.64 Å². The molecule has 0 unspecified atom stereocenters. The number of hydrogen-bond acceptors (Lipinski definition) is 5. The van der Waals surface area contributed by atoms with Gasteiger partial charge in [0.05, 0.1) is 12.7 Å². The number of benzene rings is 1. The van der Waals surface area contributed by atoms with E-state index in [0.717, 1.165) is 24.2 Å². The Morgan fingerprint density at radius 3 is 2.77 bits per heavy atom. The van der Waals surface area contributed by atoms with Gasteiger partial charge >= 0.3 is 0 Å². The molecule has 2 aromatic rings. The van der Waals surface area contributed by atoms with Gasteiger partial charge in [0.15, 0.2) is 11.5 Å². The molecule has 112 valence electrons. The highest BCUT2D eigenvalue weighted by atomic mass is 16.5. The first-order valence-electron chi connectivity index (χ1n) is 7.20. The summed E-state index contributed by atoms with van der Waals surface area (Å²) in [4.78, 5) is 6.62. The molecule has 1 heterocycles. The number of pyridine rings is 1. The maximum absolute atomic E-state index is 9.68. The first-order valence-corrected chi connectivity index (χ1v) is 7.20. The molecule has 5 nitrogen and oxygen atoms in total. The zero-order valence-electron chi connectivity index (χ0n) is 12.4. The average Bonchev–Trinajstić information content (AvgIpc) is 3.39. The smallest absolute Gasteiger partial charge is 0.160 e. The van der Waals surface area contributed by atoms with E-state index >= 15 is 0 Å². The molecule has 0 amide bonds. The Morgan fingerprint density at radius 1 is 1.36 bits per heavy atom. The summed E-state index contributed by atoms with van der Waals surface area (Å²) in [6.07, 6.45) is 3.90. The van der Waals surface area contributed by atoms with Gasteiger partial charge in [-0.05, 0) is 42.7 Å². The second-order valence-corrected chi connectivity index (χ2v) is 5.38. The molecule has 0 atom stereocenters. The fraction of sp³-hybridized carbons (Fsp3) is 0.294. The van der Waals surface area contributed by atoms with Gasteiger partial charge in [-0.3, -0.25) is 0 Å². The van der Waals surface area contributed by atoms with Gasteiger partial charge in [0.2, 0.25) is 0 Å². The van der Waals surface area contributed by atoms with Gasteiger partial charge in [-0.1, -0.05) is 6.07 Å². The second kappa shape index (κ2) is 5.94. The lowest BCUT2D eigenvalue weighted by molar-refractivity contribution is 0.373. The number of ether oxygens (including phenoxy) is 1. The summed E-state index contributed by atoms with van der Waals surface area (Å²) in [7, 11) is 1.54. The molecule has 1 aromatic heterocycles. The van der Waals surface area contributed by atoms with Crippen LogP contribution >= 0.6 is 0 Å². The van der Waals surface area contributed by atoms with Gasteiger partial charge in [-0.15, -0.1) is 0 Å². The van der Waals surface area contributed by atoms with E-state index in [2.05, 4.69) is 16.0 Å². The van der Waals surface area contributed by atoms with Crippen LogP contribution in [0.2, 0.25) is 0 Å². The number of phenols is 1. The number of nitrogens with zero attached hydrogens (tertiary/aromatic N) is 3. The third kappa shape index (κ3) is 2.96.